The summed E-state index contributed by atoms with van der Waals surface area (Å²) in [6.07, 6.45) is 2.13. The van der Waals surface area contributed by atoms with Crippen LogP contribution in [0.4, 0.5) is 0 Å². The van der Waals surface area contributed by atoms with Gasteiger partial charge in [0.25, 0.3) is 0 Å². The van der Waals surface area contributed by atoms with Crippen LogP contribution >= 0.6 is 39.0 Å². The summed E-state index contributed by atoms with van der Waals surface area (Å²) in [5.41, 5.74) is 1.40. The highest BCUT2D eigenvalue weighted by Crippen LogP contribution is 2.39. The molecule has 0 bridgehead atoms. The van der Waals surface area contributed by atoms with E-state index in [1.807, 2.05) is 23.1 Å². The van der Waals surface area contributed by atoms with E-state index in [9.17, 15) is 0 Å². The molecular formula is C10H9BrS2. The van der Waals surface area contributed by atoms with Gasteiger partial charge in [-0.05, 0) is 30.9 Å². The largest absolute Gasteiger partial charge is 0.129 e. The second-order valence-electron chi connectivity index (χ2n) is 2.83. The summed E-state index contributed by atoms with van der Waals surface area (Å²) in [5, 5.41) is 1.37. The van der Waals surface area contributed by atoms with Gasteiger partial charge < -0.3 is 0 Å². The van der Waals surface area contributed by atoms with Crippen molar-refractivity contribution in [3.8, 4) is 0 Å². The van der Waals surface area contributed by atoms with Crippen LogP contribution in [-0.2, 0) is 0 Å². The predicted octanol–water partition coefficient (Wildman–Crippen LogP) is 4.69. The molecule has 0 spiro atoms. The fraction of sp³-hybridized carbons (Fsp3) is 0.200. The molecule has 0 N–H and O–H groups in total. The third-order valence-electron chi connectivity index (χ3n) is 2.04. The quantitative estimate of drug-likeness (QED) is 0.679. The van der Waals surface area contributed by atoms with Gasteiger partial charge in [-0.2, -0.15) is 0 Å². The maximum Gasteiger partial charge on any atom is 0.0638 e. The molecule has 0 amide bonds. The molecule has 0 saturated carbocycles. The number of benzene rings is 1. The van der Waals surface area contributed by atoms with E-state index in [0.29, 0.717) is 0 Å². The van der Waals surface area contributed by atoms with Gasteiger partial charge in [0, 0.05) is 14.6 Å². The maximum atomic E-state index is 3.59. The third kappa shape index (κ3) is 1.53. The minimum atomic E-state index is 1.21. The molecule has 13 heavy (non-hydrogen) atoms. The summed E-state index contributed by atoms with van der Waals surface area (Å²) in [6, 6.07) is 6.37. The second kappa shape index (κ2) is 3.64. The minimum absolute atomic E-state index is 1.21. The van der Waals surface area contributed by atoms with Crippen LogP contribution in [0.15, 0.2) is 26.9 Å². The molecule has 68 valence electrons. The van der Waals surface area contributed by atoms with E-state index in [2.05, 4.69) is 47.3 Å². The molecule has 0 aliphatic carbocycles. The van der Waals surface area contributed by atoms with E-state index in [1.54, 1.807) is 0 Å². The molecule has 1 aromatic carbocycles. The highest BCUT2D eigenvalue weighted by Gasteiger charge is 2.09. The van der Waals surface area contributed by atoms with Gasteiger partial charge in [-0.3, -0.25) is 0 Å². The van der Waals surface area contributed by atoms with Crippen molar-refractivity contribution in [1.29, 1.82) is 0 Å². The molecule has 0 nitrogen and oxygen atoms in total. The molecule has 2 aromatic rings. The molecule has 0 saturated heterocycles. The zero-order valence-corrected chi connectivity index (χ0v) is 10.6. The van der Waals surface area contributed by atoms with Crippen molar-refractivity contribution in [1.82, 2.24) is 0 Å². The summed E-state index contributed by atoms with van der Waals surface area (Å²) in [7, 11) is 0. The number of thiophene rings is 1. The number of hydrogen-bond donors (Lipinski definition) is 0. The SMILES string of the molecule is CSc1sc2cccc(Br)c2c1C. The van der Waals surface area contributed by atoms with Gasteiger partial charge in [-0.15, -0.1) is 23.1 Å². The lowest BCUT2D eigenvalue weighted by atomic mass is 10.2. The lowest BCUT2D eigenvalue weighted by Gasteiger charge is -1.95. The average Bonchev–Trinajstić information content (AvgIpc) is 2.44. The van der Waals surface area contributed by atoms with Gasteiger partial charge in [0.1, 0.15) is 0 Å². The lowest BCUT2D eigenvalue weighted by molar-refractivity contribution is 1.46. The van der Waals surface area contributed by atoms with Crippen molar-refractivity contribution in [2.24, 2.45) is 0 Å². The van der Waals surface area contributed by atoms with Crippen molar-refractivity contribution in [3.63, 3.8) is 0 Å². The van der Waals surface area contributed by atoms with Crippen molar-refractivity contribution < 1.29 is 0 Å². The first-order chi connectivity index (χ1) is 6.24. The van der Waals surface area contributed by atoms with E-state index >= 15 is 0 Å². The van der Waals surface area contributed by atoms with Gasteiger partial charge in [-0.1, -0.05) is 22.0 Å². The molecule has 0 atom stereocenters. The van der Waals surface area contributed by atoms with E-state index in [1.165, 1.54) is 24.3 Å². The van der Waals surface area contributed by atoms with Crippen molar-refractivity contribution in [2.45, 2.75) is 11.1 Å². The van der Waals surface area contributed by atoms with Crippen LogP contribution in [0, 0.1) is 6.92 Å². The van der Waals surface area contributed by atoms with Crippen LogP contribution < -0.4 is 0 Å². The molecule has 0 fully saturated rings. The molecule has 3 heteroatoms. The van der Waals surface area contributed by atoms with Gasteiger partial charge in [0.15, 0.2) is 0 Å². The van der Waals surface area contributed by atoms with Crippen LogP contribution in [0.3, 0.4) is 0 Å². The number of fused-ring (bicyclic) bond motifs is 1. The standard InChI is InChI=1S/C10H9BrS2/c1-6-9-7(11)4-3-5-8(9)13-10(6)12-2/h3-5H,1-2H3. The Labute approximate surface area is 94.5 Å². The Hall–Kier alpha value is 0.01000. The first kappa shape index (κ1) is 9.56. The Balaban J connectivity index is 2.85. The fourth-order valence-corrected chi connectivity index (χ4v) is 4.20. The molecule has 1 aromatic heterocycles. The fourth-order valence-electron chi connectivity index (χ4n) is 1.43. The predicted molar refractivity (Wildman–Crippen MR) is 66.0 cm³/mol. The number of rotatable bonds is 1. The monoisotopic (exact) mass is 272 g/mol. The Morgan fingerprint density at radius 2 is 2.15 bits per heavy atom. The average molecular weight is 273 g/mol. The summed E-state index contributed by atoms with van der Waals surface area (Å²) < 4.78 is 4.00. The Morgan fingerprint density at radius 1 is 1.38 bits per heavy atom. The summed E-state index contributed by atoms with van der Waals surface area (Å²) in [6.45, 7) is 2.19. The normalized spacial score (nSPS) is 11.0. The zero-order chi connectivity index (χ0) is 9.42. The van der Waals surface area contributed by atoms with Crippen LogP contribution in [0.2, 0.25) is 0 Å². The summed E-state index contributed by atoms with van der Waals surface area (Å²) >= 11 is 7.29. The number of hydrogen-bond acceptors (Lipinski definition) is 2. The Kier molecular flexibility index (Phi) is 2.67. The van der Waals surface area contributed by atoms with E-state index in [4.69, 9.17) is 0 Å². The van der Waals surface area contributed by atoms with Gasteiger partial charge in [0.05, 0.1) is 4.21 Å². The lowest BCUT2D eigenvalue weighted by Crippen LogP contribution is -1.71. The van der Waals surface area contributed by atoms with Crippen molar-refractivity contribution in [2.75, 3.05) is 6.26 Å². The number of aryl methyl sites for hydroxylation is 1. The summed E-state index contributed by atoms with van der Waals surface area (Å²) in [4.78, 5) is 0. The number of halogens is 1. The second-order valence-corrected chi connectivity index (χ2v) is 5.81. The molecule has 0 aliphatic rings. The third-order valence-corrected chi connectivity index (χ3v) is 5.18. The van der Waals surface area contributed by atoms with Gasteiger partial charge in [-0.25, -0.2) is 0 Å². The van der Waals surface area contributed by atoms with Gasteiger partial charge >= 0.3 is 0 Å². The Morgan fingerprint density at radius 3 is 2.77 bits per heavy atom. The maximum absolute atomic E-state index is 3.59. The minimum Gasteiger partial charge on any atom is -0.129 e. The molecular weight excluding hydrogens is 264 g/mol. The van der Waals surface area contributed by atoms with E-state index in [0.717, 1.165) is 0 Å². The zero-order valence-electron chi connectivity index (χ0n) is 7.43. The molecule has 0 radical (unpaired) electrons. The topological polar surface area (TPSA) is 0 Å². The smallest absolute Gasteiger partial charge is 0.0638 e. The van der Waals surface area contributed by atoms with Crippen LogP contribution in [0.1, 0.15) is 5.56 Å². The van der Waals surface area contributed by atoms with Crippen molar-refractivity contribution >= 4 is 49.1 Å². The van der Waals surface area contributed by atoms with Crippen LogP contribution in [0.25, 0.3) is 10.1 Å². The van der Waals surface area contributed by atoms with Crippen LogP contribution in [0.5, 0.6) is 0 Å². The first-order valence-corrected chi connectivity index (χ1v) is 6.79. The Bertz CT molecular complexity index is 445. The van der Waals surface area contributed by atoms with Crippen LogP contribution in [-0.4, -0.2) is 6.26 Å². The van der Waals surface area contributed by atoms with Gasteiger partial charge in [0.2, 0.25) is 0 Å². The molecule has 2 rings (SSSR count). The van der Waals surface area contributed by atoms with E-state index in [-0.39, 0.29) is 0 Å². The highest BCUT2D eigenvalue weighted by molar-refractivity contribution is 9.10. The molecule has 0 aliphatic heterocycles. The molecule has 0 unspecified atom stereocenters. The first-order valence-electron chi connectivity index (χ1n) is 3.95. The molecule has 1 heterocycles. The summed E-state index contributed by atoms with van der Waals surface area (Å²) in [5.74, 6) is 0. The van der Waals surface area contributed by atoms with E-state index < -0.39 is 0 Å². The van der Waals surface area contributed by atoms with Crippen molar-refractivity contribution in [3.05, 3.63) is 28.2 Å². The highest BCUT2D eigenvalue weighted by atomic mass is 79.9. The number of thioether (sulfide) groups is 1.